The fraction of sp³-hybridized carbons (Fsp3) is 0.211. The maximum Gasteiger partial charge on any atom is 0.418 e. The lowest BCUT2D eigenvalue weighted by molar-refractivity contribution is -0.137. The number of anilines is 1. The summed E-state index contributed by atoms with van der Waals surface area (Å²) in [6, 6.07) is 7.53. The van der Waals surface area contributed by atoms with Crippen LogP contribution >= 0.6 is 0 Å². The highest BCUT2D eigenvalue weighted by atomic mass is 19.4. The third-order valence-corrected chi connectivity index (χ3v) is 4.15. The normalized spacial score (nSPS) is 11.3. The Morgan fingerprint density at radius 2 is 1.79 bits per heavy atom. The summed E-state index contributed by atoms with van der Waals surface area (Å²) < 4.78 is 50.5. The number of hydrogen-bond acceptors (Lipinski definition) is 5. The van der Waals surface area contributed by atoms with Gasteiger partial charge in [0.2, 0.25) is 5.91 Å². The average Bonchev–Trinajstić information content (AvgIpc) is 2.68. The van der Waals surface area contributed by atoms with E-state index in [1.807, 2.05) is 0 Å². The van der Waals surface area contributed by atoms with Gasteiger partial charge in [0.25, 0.3) is 5.56 Å². The second-order valence-corrected chi connectivity index (χ2v) is 5.99. The van der Waals surface area contributed by atoms with Crippen molar-refractivity contribution in [2.24, 2.45) is 0 Å². The van der Waals surface area contributed by atoms with Crippen LogP contribution in [0.2, 0.25) is 0 Å². The Morgan fingerprint density at radius 3 is 2.45 bits per heavy atom. The van der Waals surface area contributed by atoms with Crippen LogP contribution in [0.15, 0.2) is 47.5 Å². The number of methoxy groups -OCH3 is 2. The lowest BCUT2D eigenvalue weighted by Gasteiger charge is -2.14. The monoisotopic (exact) mass is 407 g/mol. The Hall–Kier alpha value is -3.56. The molecule has 0 bridgehead atoms. The van der Waals surface area contributed by atoms with Gasteiger partial charge in [0.15, 0.2) is 11.5 Å². The van der Waals surface area contributed by atoms with Gasteiger partial charge in [-0.15, -0.1) is 0 Å². The number of nitrogens with zero attached hydrogens (tertiary/aromatic N) is 2. The molecule has 10 heteroatoms. The molecule has 0 saturated heterocycles. The lowest BCUT2D eigenvalue weighted by Crippen LogP contribution is -2.28. The van der Waals surface area contributed by atoms with Crippen LogP contribution in [-0.2, 0) is 17.5 Å². The fourth-order valence-electron chi connectivity index (χ4n) is 2.78. The van der Waals surface area contributed by atoms with Crippen molar-refractivity contribution in [1.82, 2.24) is 9.55 Å². The molecule has 7 nitrogen and oxygen atoms in total. The van der Waals surface area contributed by atoms with E-state index in [-0.39, 0.29) is 5.39 Å². The molecule has 3 rings (SSSR count). The predicted octanol–water partition coefficient (Wildman–Crippen LogP) is 3.07. The number of para-hydroxylation sites is 1. The first-order valence-corrected chi connectivity index (χ1v) is 8.32. The van der Waals surface area contributed by atoms with Gasteiger partial charge in [-0.3, -0.25) is 14.2 Å². The molecule has 3 aromatic rings. The number of halogens is 3. The van der Waals surface area contributed by atoms with Gasteiger partial charge in [0.1, 0.15) is 6.54 Å². The Kier molecular flexibility index (Phi) is 5.44. The van der Waals surface area contributed by atoms with Gasteiger partial charge < -0.3 is 14.8 Å². The van der Waals surface area contributed by atoms with E-state index in [4.69, 9.17) is 9.47 Å². The standard InChI is InChI=1S/C19H16F3N3O4/c1-28-15-7-11-14(8-16(15)29-2)23-10-25(18(11)27)9-17(26)24-13-6-4-3-5-12(13)19(20,21)22/h3-8,10H,9H2,1-2H3,(H,24,26). The first-order valence-electron chi connectivity index (χ1n) is 8.32. The summed E-state index contributed by atoms with van der Waals surface area (Å²) in [5.74, 6) is -0.114. The molecule has 0 atom stereocenters. The minimum atomic E-state index is -4.62. The van der Waals surface area contributed by atoms with Crippen molar-refractivity contribution in [2.45, 2.75) is 12.7 Å². The van der Waals surface area contributed by atoms with Crippen molar-refractivity contribution in [2.75, 3.05) is 19.5 Å². The van der Waals surface area contributed by atoms with Gasteiger partial charge in [-0.25, -0.2) is 4.98 Å². The van der Waals surface area contributed by atoms with E-state index in [2.05, 4.69) is 10.3 Å². The van der Waals surface area contributed by atoms with E-state index in [1.165, 1.54) is 38.5 Å². The van der Waals surface area contributed by atoms with E-state index in [0.29, 0.717) is 17.0 Å². The Balaban J connectivity index is 1.90. The summed E-state index contributed by atoms with van der Waals surface area (Å²) in [4.78, 5) is 29.0. The van der Waals surface area contributed by atoms with Gasteiger partial charge in [-0.05, 0) is 18.2 Å². The number of nitrogens with one attached hydrogen (secondary N) is 1. The molecular formula is C19H16F3N3O4. The van der Waals surface area contributed by atoms with Crippen LogP contribution in [0.25, 0.3) is 10.9 Å². The van der Waals surface area contributed by atoms with E-state index in [0.717, 1.165) is 23.0 Å². The Morgan fingerprint density at radius 1 is 1.14 bits per heavy atom. The minimum absolute atomic E-state index is 0.175. The van der Waals surface area contributed by atoms with Crippen molar-refractivity contribution in [3.63, 3.8) is 0 Å². The third kappa shape index (κ3) is 4.15. The van der Waals surface area contributed by atoms with Crippen LogP contribution in [0.4, 0.5) is 18.9 Å². The minimum Gasteiger partial charge on any atom is -0.493 e. The highest BCUT2D eigenvalue weighted by molar-refractivity contribution is 5.91. The molecule has 0 radical (unpaired) electrons. The topological polar surface area (TPSA) is 82.5 Å². The maximum absolute atomic E-state index is 13.1. The molecule has 1 aromatic heterocycles. The molecule has 1 N–H and O–H groups in total. The largest absolute Gasteiger partial charge is 0.493 e. The zero-order valence-electron chi connectivity index (χ0n) is 15.4. The molecule has 0 aliphatic rings. The summed E-state index contributed by atoms with van der Waals surface area (Å²) in [6.45, 7) is -0.512. The summed E-state index contributed by atoms with van der Waals surface area (Å²) in [5.41, 5.74) is -1.59. The van der Waals surface area contributed by atoms with Crippen molar-refractivity contribution < 1.29 is 27.4 Å². The number of carbonyl (C=O) groups excluding carboxylic acids is 1. The summed E-state index contributed by atoms with van der Waals surface area (Å²) in [7, 11) is 2.85. The molecule has 152 valence electrons. The number of amides is 1. The van der Waals surface area contributed by atoms with E-state index in [1.54, 1.807) is 0 Å². The molecule has 0 aliphatic carbocycles. The van der Waals surface area contributed by atoms with Crippen LogP contribution < -0.4 is 20.3 Å². The van der Waals surface area contributed by atoms with E-state index in [9.17, 15) is 22.8 Å². The van der Waals surface area contributed by atoms with Gasteiger partial charge in [-0.2, -0.15) is 13.2 Å². The molecule has 0 unspecified atom stereocenters. The van der Waals surface area contributed by atoms with Crippen LogP contribution in [0.5, 0.6) is 11.5 Å². The zero-order chi connectivity index (χ0) is 21.2. The van der Waals surface area contributed by atoms with Gasteiger partial charge in [0.05, 0.1) is 42.7 Å². The van der Waals surface area contributed by atoms with E-state index < -0.39 is 35.4 Å². The number of benzene rings is 2. The first kappa shape index (κ1) is 20.2. The maximum atomic E-state index is 13.1. The lowest BCUT2D eigenvalue weighted by atomic mass is 10.1. The SMILES string of the molecule is COc1cc2ncn(CC(=O)Nc3ccccc3C(F)(F)F)c(=O)c2cc1OC. The molecule has 29 heavy (non-hydrogen) atoms. The molecule has 0 fully saturated rings. The number of hydrogen-bond donors (Lipinski definition) is 1. The van der Waals surface area contributed by atoms with Crippen molar-refractivity contribution in [3.8, 4) is 11.5 Å². The average molecular weight is 407 g/mol. The van der Waals surface area contributed by atoms with Crippen molar-refractivity contribution in [3.05, 3.63) is 58.6 Å². The summed E-state index contributed by atoms with van der Waals surface area (Å²) in [6.07, 6.45) is -3.48. The molecule has 0 saturated carbocycles. The fourth-order valence-corrected chi connectivity index (χ4v) is 2.78. The summed E-state index contributed by atoms with van der Waals surface area (Å²) in [5, 5.41) is 2.37. The smallest absolute Gasteiger partial charge is 0.418 e. The number of carbonyl (C=O) groups is 1. The number of rotatable bonds is 5. The van der Waals surface area contributed by atoms with E-state index >= 15 is 0 Å². The van der Waals surface area contributed by atoms with Crippen LogP contribution in [0.1, 0.15) is 5.56 Å². The quantitative estimate of drug-likeness (QED) is 0.703. The third-order valence-electron chi connectivity index (χ3n) is 4.15. The summed E-state index contributed by atoms with van der Waals surface area (Å²) >= 11 is 0. The van der Waals surface area contributed by atoms with Crippen LogP contribution in [0, 0.1) is 0 Å². The number of ether oxygens (including phenoxy) is 2. The molecular weight excluding hydrogens is 391 g/mol. The molecule has 1 amide bonds. The Bertz CT molecular complexity index is 1130. The van der Waals surface area contributed by atoms with Gasteiger partial charge >= 0.3 is 6.18 Å². The predicted molar refractivity (Wildman–Crippen MR) is 99.2 cm³/mol. The number of aromatic nitrogens is 2. The molecule has 0 aliphatic heterocycles. The molecule has 2 aromatic carbocycles. The molecule has 1 heterocycles. The van der Waals surface area contributed by atoms with Gasteiger partial charge in [-0.1, -0.05) is 12.1 Å². The second kappa shape index (κ2) is 7.82. The highest BCUT2D eigenvalue weighted by Crippen LogP contribution is 2.34. The highest BCUT2D eigenvalue weighted by Gasteiger charge is 2.33. The first-order chi connectivity index (χ1) is 13.7. The van der Waals surface area contributed by atoms with Crippen LogP contribution in [0.3, 0.4) is 0 Å². The van der Waals surface area contributed by atoms with Crippen molar-refractivity contribution in [1.29, 1.82) is 0 Å². The number of fused-ring (bicyclic) bond motifs is 1. The zero-order valence-corrected chi connectivity index (χ0v) is 15.4. The van der Waals surface area contributed by atoms with Crippen molar-refractivity contribution >= 4 is 22.5 Å². The van der Waals surface area contributed by atoms with Gasteiger partial charge in [0, 0.05) is 6.07 Å². The Labute approximate surface area is 162 Å². The number of alkyl halides is 3. The molecule has 0 spiro atoms. The van der Waals surface area contributed by atoms with Crippen LogP contribution in [-0.4, -0.2) is 29.7 Å². The second-order valence-electron chi connectivity index (χ2n) is 5.99.